The van der Waals surface area contributed by atoms with Gasteiger partial charge in [-0.25, -0.2) is 14.4 Å². The number of benzene rings is 1. The molecule has 1 aromatic carbocycles. The molecule has 0 aliphatic carbocycles. The molecule has 1 atom stereocenters. The largest absolute Gasteiger partial charge is 0.462 e. The van der Waals surface area contributed by atoms with Gasteiger partial charge in [0.05, 0.1) is 10.0 Å². The van der Waals surface area contributed by atoms with Crippen molar-refractivity contribution >= 4 is 44.5 Å². The summed E-state index contributed by atoms with van der Waals surface area (Å²) < 4.78 is 26.3. The molecule has 0 unspecified atom stereocenters. The van der Waals surface area contributed by atoms with E-state index in [1.807, 2.05) is 6.07 Å². The normalized spacial score (nSPS) is 21.7. The van der Waals surface area contributed by atoms with Crippen LogP contribution < -0.4 is 10.5 Å². The van der Waals surface area contributed by atoms with Gasteiger partial charge in [0.25, 0.3) is 6.02 Å². The maximum absolute atomic E-state index is 13.9. The van der Waals surface area contributed by atoms with Gasteiger partial charge in [-0.1, -0.05) is 0 Å². The number of hydrogen-bond donors (Lipinski definition) is 1. The van der Waals surface area contributed by atoms with Crippen LogP contribution in [0.15, 0.2) is 33.9 Å². The maximum atomic E-state index is 13.9. The number of ether oxygens (including phenoxy) is 2. The van der Waals surface area contributed by atoms with E-state index in [0.29, 0.717) is 21.7 Å². The highest BCUT2D eigenvalue weighted by Gasteiger charge is 2.48. The highest BCUT2D eigenvalue weighted by molar-refractivity contribution is 14.1. The smallest absolute Gasteiger partial charge is 0.283 e. The molecule has 2 aliphatic rings. The van der Waals surface area contributed by atoms with E-state index in [2.05, 4.69) is 48.5 Å². The predicted octanol–water partition coefficient (Wildman–Crippen LogP) is 3.28. The van der Waals surface area contributed by atoms with Crippen LogP contribution in [0.25, 0.3) is 0 Å². The molecule has 0 radical (unpaired) electrons. The lowest BCUT2D eigenvalue weighted by Gasteiger charge is -2.32. The van der Waals surface area contributed by atoms with Crippen LogP contribution in [0.1, 0.15) is 11.1 Å². The summed E-state index contributed by atoms with van der Waals surface area (Å²) in [6, 6.07) is 4.99. The highest BCUT2D eigenvalue weighted by atomic mass is 127. The van der Waals surface area contributed by atoms with Gasteiger partial charge in [-0.05, 0) is 50.7 Å². The van der Waals surface area contributed by atoms with E-state index in [0.717, 1.165) is 9.13 Å². The van der Waals surface area contributed by atoms with Crippen molar-refractivity contribution < 1.29 is 13.9 Å². The summed E-state index contributed by atoms with van der Waals surface area (Å²) in [6.45, 7) is 0.224. The molecule has 0 bridgehead atoms. The molecule has 1 spiro atoms. The zero-order chi connectivity index (χ0) is 15.5. The Morgan fingerprint density at radius 2 is 2.14 bits per heavy atom. The molecule has 2 aromatic rings. The number of rotatable bonds is 0. The summed E-state index contributed by atoms with van der Waals surface area (Å²) in [6.07, 6.45) is 1.68. The molecule has 5 nitrogen and oxygen atoms in total. The fourth-order valence-electron chi connectivity index (χ4n) is 2.70. The third kappa shape index (κ3) is 1.93. The topological polar surface area (TPSA) is 69.7 Å². The average molecular weight is 476 g/mol. The molecule has 4 rings (SSSR count). The molecule has 1 aromatic heterocycles. The molecule has 2 N–H and O–H groups in total. The first-order valence-electron chi connectivity index (χ1n) is 6.31. The Balaban J connectivity index is 2.05. The molecule has 3 heterocycles. The molecule has 0 saturated carbocycles. The molecule has 0 saturated heterocycles. The minimum absolute atomic E-state index is 0.0955. The lowest BCUT2D eigenvalue weighted by Crippen LogP contribution is -2.31. The summed E-state index contributed by atoms with van der Waals surface area (Å²) in [5.74, 6) is 0.333. The van der Waals surface area contributed by atoms with Gasteiger partial charge < -0.3 is 15.2 Å². The second-order valence-electron chi connectivity index (χ2n) is 4.97. The molecule has 112 valence electrons. The van der Waals surface area contributed by atoms with Crippen molar-refractivity contribution in [1.82, 2.24) is 4.98 Å². The van der Waals surface area contributed by atoms with Crippen molar-refractivity contribution in [3.8, 4) is 11.6 Å². The quantitative estimate of drug-likeness (QED) is 0.593. The fourth-order valence-corrected chi connectivity index (χ4v) is 3.49. The Morgan fingerprint density at radius 1 is 1.32 bits per heavy atom. The number of halogens is 3. The van der Waals surface area contributed by atoms with Crippen molar-refractivity contribution in [2.45, 2.75) is 5.54 Å². The molecule has 2 aliphatic heterocycles. The average Bonchev–Trinajstić information content (AvgIpc) is 2.86. The lowest BCUT2D eigenvalue weighted by molar-refractivity contribution is 0.262. The Bertz CT molecular complexity index is 845. The van der Waals surface area contributed by atoms with Crippen LogP contribution in [0.4, 0.5) is 4.39 Å². The molecule has 22 heavy (non-hydrogen) atoms. The summed E-state index contributed by atoms with van der Waals surface area (Å²) >= 11 is 5.37. The SMILES string of the molecule is NC1=N[C@@]2(CO1)c1cc(Br)c(F)cc1Oc1ncc(I)cc12. The number of hydrogen-bond acceptors (Lipinski definition) is 5. The van der Waals surface area contributed by atoms with E-state index in [1.54, 1.807) is 12.3 Å². The van der Waals surface area contributed by atoms with Crippen LogP contribution in [0.5, 0.6) is 11.6 Å². The first-order chi connectivity index (χ1) is 10.5. The number of fused-ring (bicyclic) bond motifs is 4. The van der Waals surface area contributed by atoms with E-state index in [1.165, 1.54) is 6.07 Å². The third-order valence-electron chi connectivity index (χ3n) is 3.67. The third-order valence-corrected chi connectivity index (χ3v) is 4.87. The Morgan fingerprint density at radius 3 is 2.86 bits per heavy atom. The minimum atomic E-state index is -0.864. The second kappa shape index (κ2) is 4.79. The van der Waals surface area contributed by atoms with Crippen LogP contribution in [-0.4, -0.2) is 17.6 Å². The van der Waals surface area contributed by atoms with Crippen LogP contribution in [0.3, 0.4) is 0 Å². The van der Waals surface area contributed by atoms with Gasteiger partial charge in [-0.2, -0.15) is 0 Å². The molecule has 0 amide bonds. The number of pyridine rings is 1. The number of aliphatic imine (C=N–C) groups is 1. The summed E-state index contributed by atoms with van der Waals surface area (Å²) in [7, 11) is 0. The standard InChI is InChI=1S/C14H8BrFIN3O2/c15-9-2-7-11(3-10(9)16)22-12-8(1-6(17)4-19-12)14(7)5-21-13(18)20-14/h1-4H,5H2,(H2,18,20)/t14-/m0/s1. The van der Waals surface area contributed by atoms with Gasteiger partial charge in [0, 0.05) is 21.4 Å². The Labute approximate surface area is 147 Å². The van der Waals surface area contributed by atoms with Crippen molar-refractivity contribution in [1.29, 1.82) is 0 Å². The van der Waals surface area contributed by atoms with Crippen molar-refractivity contribution in [2.75, 3.05) is 6.61 Å². The number of nitrogens with zero attached hydrogens (tertiary/aromatic N) is 2. The van der Waals surface area contributed by atoms with E-state index in [-0.39, 0.29) is 12.6 Å². The van der Waals surface area contributed by atoms with Crippen LogP contribution in [0, 0.1) is 9.39 Å². The zero-order valence-corrected chi connectivity index (χ0v) is 14.7. The van der Waals surface area contributed by atoms with Crippen molar-refractivity contribution in [2.24, 2.45) is 10.7 Å². The van der Waals surface area contributed by atoms with Crippen LogP contribution in [-0.2, 0) is 10.3 Å². The second-order valence-corrected chi connectivity index (χ2v) is 7.07. The summed E-state index contributed by atoms with van der Waals surface area (Å²) in [4.78, 5) is 8.76. The minimum Gasteiger partial charge on any atom is -0.462 e. The van der Waals surface area contributed by atoms with Gasteiger partial charge in [-0.3, -0.25) is 0 Å². The molecule has 8 heteroatoms. The van der Waals surface area contributed by atoms with E-state index in [4.69, 9.17) is 15.2 Å². The van der Waals surface area contributed by atoms with E-state index >= 15 is 0 Å². The molecular formula is C14H8BrFIN3O2. The molecular weight excluding hydrogens is 468 g/mol. The number of amidine groups is 1. The number of nitrogens with two attached hydrogens (primary N) is 1. The van der Waals surface area contributed by atoms with Gasteiger partial charge >= 0.3 is 0 Å². The van der Waals surface area contributed by atoms with Crippen molar-refractivity contribution in [3.05, 3.63) is 49.4 Å². The Hall–Kier alpha value is -1.42. The van der Waals surface area contributed by atoms with Gasteiger partial charge in [0.2, 0.25) is 5.88 Å². The summed E-state index contributed by atoms with van der Waals surface area (Å²) in [5.41, 5.74) is 6.32. The zero-order valence-electron chi connectivity index (χ0n) is 10.9. The van der Waals surface area contributed by atoms with Crippen molar-refractivity contribution in [3.63, 3.8) is 0 Å². The first kappa shape index (κ1) is 14.2. The maximum Gasteiger partial charge on any atom is 0.283 e. The van der Waals surface area contributed by atoms with Crippen LogP contribution >= 0.6 is 38.5 Å². The summed E-state index contributed by atoms with van der Waals surface area (Å²) in [5, 5.41) is 0. The van der Waals surface area contributed by atoms with Gasteiger partial charge in [0.15, 0.2) is 5.54 Å². The van der Waals surface area contributed by atoms with Gasteiger partial charge in [-0.15, -0.1) is 0 Å². The van der Waals surface area contributed by atoms with E-state index in [9.17, 15) is 4.39 Å². The van der Waals surface area contributed by atoms with Gasteiger partial charge in [0.1, 0.15) is 18.2 Å². The Kier molecular flexibility index (Phi) is 3.09. The lowest BCUT2D eigenvalue weighted by atomic mass is 9.82. The first-order valence-corrected chi connectivity index (χ1v) is 8.18. The van der Waals surface area contributed by atoms with E-state index < -0.39 is 11.4 Å². The van der Waals surface area contributed by atoms with Crippen LogP contribution in [0.2, 0.25) is 0 Å². The predicted molar refractivity (Wildman–Crippen MR) is 89.5 cm³/mol. The molecule has 0 fully saturated rings. The monoisotopic (exact) mass is 475 g/mol. The fraction of sp³-hybridized carbons (Fsp3) is 0.143. The number of aromatic nitrogens is 1. The highest BCUT2D eigenvalue weighted by Crippen LogP contribution is 2.51.